The second-order valence-corrected chi connectivity index (χ2v) is 3.65. The van der Waals surface area contributed by atoms with Crippen LogP contribution >= 0.6 is 0 Å². The predicted octanol–water partition coefficient (Wildman–Crippen LogP) is 1.12. The molecule has 2 aromatic rings. The average Bonchev–Trinajstić information content (AvgIpc) is 2.46. The number of rotatable bonds is 3. The van der Waals surface area contributed by atoms with Crippen LogP contribution < -0.4 is 10.7 Å². The predicted molar refractivity (Wildman–Crippen MR) is 65.5 cm³/mol. The van der Waals surface area contributed by atoms with Crippen LogP contribution in [0.2, 0.25) is 0 Å². The van der Waals surface area contributed by atoms with Gasteiger partial charge in [-0.15, -0.1) is 0 Å². The first kappa shape index (κ1) is 12.7. The summed E-state index contributed by atoms with van der Waals surface area (Å²) in [6.07, 6.45) is 3.33. The molecule has 0 aliphatic rings. The van der Waals surface area contributed by atoms with E-state index in [1.54, 1.807) is 24.5 Å². The fraction of sp³-hybridized carbons (Fsp3) is 0. The van der Waals surface area contributed by atoms with Crippen molar-refractivity contribution < 1.29 is 19.0 Å². The maximum Gasteiger partial charge on any atom is 0.365 e. The molecular formula is C13H11FN3O2+. The number of oxime groups is 1. The second-order valence-electron chi connectivity index (χ2n) is 3.65. The first-order valence-electron chi connectivity index (χ1n) is 5.43. The minimum Gasteiger partial charge on any atom is -0.380 e. The highest BCUT2D eigenvalue weighted by molar-refractivity contribution is 5.97. The Bertz CT molecular complexity index is 597. The van der Waals surface area contributed by atoms with Crippen LogP contribution in [0.3, 0.4) is 0 Å². The van der Waals surface area contributed by atoms with E-state index in [0.29, 0.717) is 5.56 Å². The molecule has 0 aliphatic heterocycles. The van der Waals surface area contributed by atoms with Gasteiger partial charge in [0.25, 0.3) is 0 Å². The van der Waals surface area contributed by atoms with Crippen molar-refractivity contribution >= 4 is 11.8 Å². The molecule has 0 aliphatic carbocycles. The van der Waals surface area contributed by atoms with Gasteiger partial charge in [0.2, 0.25) is 0 Å². The van der Waals surface area contributed by atoms with Crippen LogP contribution in [0.1, 0.15) is 15.9 Å². The Balaban J connectivity index is 2.06. The largest absolute Gasteiger partial charge is 0.380 e. The summed E-state index contributed by atoms with van der Waals surface area (Å²) in [7, 11) is 0. The SMILES string of the molecule is NC(=NOC(=O)c1ccc(F)cc1)c1ccc[nH+]c1. The summed E-state index contributed by atoms with van der Waals surface area (Å²) in [5, 5.41) is 3.52. The van der Waals surface area contributed by atoms with Crippen LogP contribution in [-0.2, 0) is 4.84 Å². The van der Waals surface area contributed by atoms with E-state index < -0.39 is 11.8 Å². The molecule has 0 radical (unpaired) electrons. The van der Waals surface area contributed by atoms with E-state index in [9.17, 15) is 9.18 Å². The molecule has 0 saturated heterocycles. The van der Waals surface area contributed by atoms with Gasteiger partial charge in [-0.3, -0.25) is 0 Å². The van der Waals surface area contributed by atoms with E-state index >= 15 is 0 Å². The topological polar surface area (TPSA) is 78.8 Å². The summed E-state index contributed by atoms with van der Waals surface area (Å²) in [5.74, 6) is -1.07. The van der Waals surface area contributed by atoms with Gasteiger partial charge in [0.05, 0.1) is 11.1 Å². The van der Waals surface area contributed by atoms with Gasteiger partial charge in [0.15, 0.2) is 18.2 Å². The van der Waals surface area contributed by atoms with E-state index in [-0.39, 0.29) is 11.4 Å². The fourth-order valence-corrected chi connectivity index (χ4v) is 1.33. The highest BCUT2D eigenvalue weighted by atomic mass is 19.1. The van der Waals surface area contributed by atoms with Crippen molar-refractivity contribution in [2.75, 3.05) is 0 Å². The average molecular weight is 260 g/mol. The van der Waals surface area contributed by atoms with Crippen molar-refractivity contribution in [2.45, 2.75) is 0 Å². The zero-order valence-electron chi connectivity index (χ0n) is 9.84. The zero-order chi connectivity index (χ0) is 13.7. The summed E-state index contributed by atoms with van der Waals surface area (Å²) in [4.78, 5) is 19.1. The first-order valence-corrected chi connectivity index (χ1v) is 5.43. The maximum absolute atomic E-state index is 12.7. The molecule has 0 amide bonds. The van der Waals surface area contributed by atoms with Gasteiger partial charge in [0.1, 0.15) is 5.82 Å². The lowest BCUT2D eigenvalue weighted by molar-refractivity contribution is -0.378. The Morgan fingerprint density at radius 3 is 2.58 bits per heavy atom. The molecule has 0 saturated carbocycles. The Kier molecular flexibility index (Phi) is 3.82. The smallest absolute Gasteiger partial charge is 0.365 e. The second kappa shape index (κ2) is 5.72. The Morgan fingerprint density at radius 1 is 1.21 bits per heavy atom. The molecule has 6 heteroatoms. The number of hydrogen-bond acceptors (Lipinski definition) is 3. The quantitative estimate of drug-likeness (QED) is 0.388. The lowest BCUT2D eigenvalue weighted by Crippen LogP contribution is -2.17. The molecule has 0 unspecified atom stereocenters. The summed E-state index contributed by atoms with van der Waals surface area (Å²) in [6, 6.07) is 8.38. The van der Waals surface area contributed by atoms with Gasteiger partial charge in [-0.05, 0) is 30.3 Å². The lowest BCUT2D eigenvalue weighted by Gasteiger charge is -1.99. The Hall–Kier alpha value is -2.76. The first-order chi connectivity index (χ1) is 9.16. The minimum absolute atomic E-state index is 0.0623. The van der Waals surface area contributed by atoms with Crippen molar-refractivity contribution in [1.29, 1.82) is 0 Å². The highest BCUT2D eigenvalue weighted by Crippen LogP contribution is 2.05. The molecule has 0 atom stereocenters. The molecule has 1 aromatic heterocycles. The van der Waals surface area contributed by atoms with Gasteiger partial charge in [0, 0.05) is 6.07 Å². The monoisotopic (exact) mass is 260 g/mol. The molecule has 3 N–H and O–H groups in total. The van der Waals surface area contributed by atoms with E-state index in [0.717, 1.165) is 12.1 Å². The van der Waals surface area contributed by atoms with E-state index in [2.05, 4.69) is 15.0 Å². The summed E-state index contributed by atoms with van der Waals surface area (Å²) in [6.45, 7) is 0. The number of nitrogens with one attached hydrogen (secondary N) is 1. The fourth-order valence-electron chi connectivity index (χ4n) is 1.33. The standard InChI is InChI=1S/C13H10FN3O2/c14-11-5-3-9(4-6-11)13(18)19-17-12(15)10-2-1-7-16-8-10/h1-8H,(H2,15,17)/p+1. The van der Waals surface area contributed by atoms with Crippen molar-refractivity contribution in [3.8, 4) is 0 Å². The number of nitrogens with two attached hydrogens (primary N) is 1. The van der Waals surface area contributed by atoms with E-state index in [4.69, 9.17) is 5.73 Å². The Morgan fingerprint density at radius 2 is 1.95 bits per heavy atom. The van der Waals surface area contributed by atoms with Crippen molar-refractivity contribution in [1.82, 2.24) is 0 Å². The third-order valence-corrected chi connectivity index (χ3v) is 2.31. The van der Waals surface area contributed by atoms with Crippen LogP contribution in [0.4, 0.5) is 4.39 Å². The van der Waals surface area contributed by atoms with Crippen molar-refractivity contribution in [3.05, 3.63) is 65.7 Å². The van der Waals surface area contributed by atoms with E-state index in [1.165, 1.54) is 12.1 Å². The molecule has 0 bridgehead atoms. The molecule has 1 heterocycles. The van der Waals surface area contributed by atoms with Crippen LogP contribution in [-0.4, -0.2) is 11.8 Å². The Labute approximate surface area is 108 Å². The number of hydrogen-bond donors (Lipinski definition) is 1. The van der Waals surface area contributed by atoms with Crippen molar-refractivity contribution in [2.24, 2.45) is 10.9 Å². The number of carbonyl (C=O) groups excluding carboxylic acids is 1. The minimum atomic E-state index is -0.706. The highest BCUT2D eigenvalue weighted by Gasteiger charge is 2.08. The molecular weight excluding hydrogens is 249 g/mol. The van der Waals surface area contributed by atoms with Crippen LogP contribution in [0.25, 0.3) is 0 Å². The van der Waals surface area contributed by atoms with E-state index in [1.807, 2.05) is 0 Å². The van der Waals surface area contributed by atoms with Crippen LogP contribution in [0.15, 0.2) is 53.9 Å². The molecule has 5 nitrogen and oxygen atoms in total. The van der Waals surface area contributed by atoms with Crippen LogP contribution in [0, 0.1) is 5.82 Å². The number of aromatic nitrogens is 1. The number of amidine groups is 1. The lowest BCUT2D eigenvalue weighted by atomic mass is 10.2. The van der Waals surface area contributed by atoms with Gasteiger partial charge in [-0.1, -0.05) is 5.16 Å². The third kappa shape index (κ3) is 3.35. The number of halogens is 1. The molecule has 96 valence electrons. The maximum atomic E-state index is 12.7. The molecule has 2 rings (SSSR count). The number of pyridine rings is 1. The molecule has 0 fully saturated rings. The number of benzene rings is 1. The normalized spacial score (nSPS) is 11.1. The van der Waals surface area contributed by atoms with Gasteiger partial charge >= 0.3 is 5.97 Å². The van der Waals surface area contributed by atoms with Crippen molar-refractivity contribution in [3.63, 3.8) is 0 Å². The van der Waals surface area contributed by atoms with Gasteiger partial charge in [-0.2, -0.15) is 0 Å². The third-order valence-electron chi connectivity index (χ3n) is 2.31. The molecule has 1 aromatic carbocycles. The van der Waals surface area contributed by atoms with Gasteiger partial charge < -0.3 is 10.6 Å². The summed E-state index contributed by atoms with van der Waals surface area (Å²) < 4.78 is 12.7. The number of nitrogens with zero attached hydrogens (tertiary/aromatic N) is 1. The van der Waals surface area contributed by atoms with Crippen LogP contribution in [0.5, 0.6) is 0 Å². The zero-order valence-corrected chi connectivity index (χ0v) is 9.84. The number of H-pyrrole nitrogens is 1. The summed E-state index contributed by atoms with van der Waals surface area (Å²) >= 11 is 0. The summed E-state index contributed by atoms with van der Waals surface area (Å²) in [5.41, 5.74) is 6.42. The molecule has 19 heavy (non-hydrogen) atoms. The number of carbonyl (C=O) groups is 1. The molecule has 0 spiro atoms. The number of aromatic amines is 1. The van der Waals surface area contributed by atoms with Gasteiger partial charge in [-0.25, -0.2) is 14.2 Å².